The third-order valence-corrected chi connectivity index (χ3v) is 3.60. The average molecular weight is 279 g/mol. The highest BCUT2D eigenvalue weighted by molar-refractivity contribution is 5.85. The highest BCUT2D eigenvalue weighted by Crippen LogP contribution is 2.47. The van der Waals surface area contributed by atoms with Crippen LogP contribution in [0.4, 0.5) is 4.39 Å². The molecule has 0 aromatic heterocycles. The molecule has 1 aliphatic heterocycles. The Balaban J connectivity index is 0.000000722. The zero-order valence-electron chi connectivity index (χ0n) is 9.43. The minimum atomic E-state index is -0.168. The summed E-state index contributed by atoms with van der Waals surface area (Å²) in [6.45, 7) is 3.00. The summed E-state index contributed by atoms with van der Waals surface area (Å²) < 4.78 is 12.7. The van der Waals surface area contributed by atoms with Gasteiger partial charge in [0.1, 0.15) is 5.82 Å². The van der Waals surface area contributed by atoms with Gasteiger partial charge in [0, 0.05) is 25.2 Å². The van der Waals surface area contributed by atoms with Gasteiger partial charge in [-0.05, 0) is 30.0 Å². The van der Waals surface area contributed by atoms with Crippen molar-refractivity contribution in [1.29, 1.82) is 0 Å². The number of likely N-dealkylation sites (tertiary alicyclic amines) is 1. The number of benzene rings is 1. The van der Waals surface area contributed by atoms with Crippen LogP contribution in [0.25, 0.3) is 0 Å². The first-order valence-corrected chi connectivity index (χ1v) is 5.41. The molecule has 2 aliphatic rings. The molecule has 1 heterocycles. The van der Waals surface area contributed by atoms with Gasteiger partial charge in [0.25, 0.3) is 0 Å². The van der Waals surface area contributed by atoms with Gasteiger partial charge in [0.15, 0.2) is 0 Å². The number of fused-ring (bicyclic) bond motifs is 1. The van der Waals surface area contributed by atoms with E-state index in [-0.39, 0.29) is 36.2 Å². The summed E-state index contributed by atoms with van der Waals surface area (Å²) >= 11 is 0. The van der Waals surface area contributed by atoms with Crippen LogP contribution in [-0.2, 0) is 6.54 Å². The molecule has 1 saturated carbocycles. The van der Waals surface area contributed by atoms with Crippen molar-refractivity contribution in [2.45, 2.75) is 18.5 Å². The predicted molar refractivity (Wildman–Crippen MR) is 71.2 cm³/mol. The van der Waals surface area contributed by atoms with Crippen LogP contribution >= 0.6 is 24.8 Å². The van der Waals surface area contributed by atoms with Crippen LogP contribution in [0.3, 0.4) is 0 Å². The molecule has 1 saturated heterocycles. The minimum absolute atomic E-state index is 0. The van der Waals surface area contributed by atoms with E-state index < -0.39 is 0 Å². The van der Waals surface area contributed by atoms with Crippen LogP contribution < -0.4 is 5.73 Å². The van der Waals surface area contributed by atoms with E-state index in [4.69, 9.17) is 5.73 Å². The molecule has 5 heteroatoms. The van der Waals surface area contributed by atoms with Crippen molar-refractivity contribution >= 4 is 24.8 Å². The summed E-state index contributed by atoms with van der Waals surface area (Å²) in [6.07, 6.45) is 1.19. The zero-order chi connectivity index (χ0) is 10.5. The van der Waals surface area contributed by atoms with Gasteiger partial charge < -0.3 is 5.73 Å². The summed E-state index contributed by atoms with van der Waals surface area (Å²) in [4.78, 5) is 2.36. The second-order valence-corrected chi connectivity index (χ2v) is 4.93. The molecule has 2 N–H and O–H groups in total. The van der Waals surface area contributed by atoms with Gasteiger partial charge in [0.2, 0.25) is 0 Å². The molecule has 3 rings (SSSR count). The maximum Gasteiger partial charge on any atom is 0.123 e. The Morgan fingerprint density at radius 1 is 1.29 bits per heavy atom. The van der Waals surface area contributed by atoms with Crippen LogP contribution in [0, 0.1) is 11.7 Å². The topological polar surface area (TPSA) is 29.3 Å². The molecule has 2 atom stereocenters. The number of hydrogen-bond acceptors (Lipinski definition) is 2. The Kier molecular flexibility index (Phi) is 4.42. The van der Waals surface area contributed by atoms with E-state index in [2.05, 4.69) is 4.90 Å². The van der Waals surface area contributed by atoms with Gasteiger partial charge in [0.05, 0.1) is 0 Å². The summed E-state index contributed by atoms with van der Waals surface area (Å²) in [5, 5.41) is 0. The van der Waals surface area contributed by atoms with Crippen molar-refractivity contribution in [3.63, 3.8) is 0 Å². The Bertz CT molecular complexity index is 385. The lowest BCUT2D eigenvalue weighted by atomic mass is 10.2. The van der Waals surface area contributed by atoms with E-state index in [1.165, 1.54) is 24.1 Å². The van der Waals surface area contributed by atoms with Crippen molar-refractivity contribution in [2.24, 2.45) is 11.7 Å². The molecule has 2 unspecified atom stereocenters. The van der Waals surface area contributed by atoms with Crippen molar-refractivity contribution in [2.75, 3.05) is 13.1 Å². The predicted octanol–water partition coefficient (Wildman–Crippen LogP) is 2.20. The Morgan fingerprint density at radius 3 is 2.47 bits per heavy atom. The van der Waals surface area contributed by atoms with Gasteiger partial charge >= 0.3 is 0 Å². The average Bonchev–Trinajstić information content (AvgIpc) is 2.70. The van der Waals surface area contributed by atoms with Gasteiger partial charge in [-0.25, -0.2) is 4.39 Å². The number of halogens is 3. The van der Waals surface area contributed by atoms with Crippen molar-refractivity contribution in [3.8, 4) is 0 Å². The molecular formula is C12H17Cl2FN2. The van der Waals surface area contributed by atoms with Crippen molar-refractivity contribution < 1.29 is 4.39 Å². The van der Waals surface area contributed by atoms with Gasteiger partial charge in [-0.3, -0.25) is 4.90 Å². The second-order valence-electron chi connectivity index (χ2n) is 4.93. The Morgan fingerprint density at radius 2 is 1.94 bits per heavy atom. The monoisotopic (exact) mass is 278 g/mol. The fourth-order valence-electron chi connectivity index (χ4n) is 2.60. The quantitative estimate of drug-likeness (QED) is 0.899. The Labute approximate surface area is 113 Å². The van der Waals surface area contributed by atoms with E-state index >= 15 is 0 Å². The first-order valence-electron chi connectivity index (χ1n) is 5.41. The summed E-state index contributed by atoms with van der Waals surface area (Å²) in [5.74, 6) is 0.538. The number of rotatable bonds is 2. The summed E-state index contributed by atoms with van der Waals surface area (Å²) in [6, 6.07) is 6.74. The maximum absolute atomic E-state index is 12.7. The standard InChI is InChI=1S/C12H15FN2.2ClH/c13-11-3-1-9(2-4-11)6-15-7-10-5-12(10,14)8-15;;/h1-4,10H,5-8,14H2;2*1H. The molecule has 2 fully saturated rings. The summed E-state index contributed by atoms with van der Waals surface area (Å²) in [7, 11) is 0. The molecule has 2 nitrogen and oxygen atoms in total. The van der Waals surface area contributed by atoms with Crippen molar-refractivity contribution in [1.82, 2.24) is 4.90 Å². The maximum atomic E-state index is 12.7. The third kappa shape index (κ3) is 2.91. The highest BCUT2D eigenvalue weighted by Gasteiger charge is 2.56. The van der Waals surface area contributed by atoms with Gasteiger partial charge in [-0.2, -0.15) is 0 Å². The Hall–Kier alpha value is -0.350. The first-order chi connectivity index (χ1) is 7.16. The number of hydrogen-bond donors (Lipinski definition) is 1. The van der Waals surface area contributed by atoms with Crippen LogP contribution in [0.1, 0.15) is 12.0 Å². The molecule has 1 aromatic carbocycles. The van der Waals surface area contributed by atoms with E-state index in [0.29, 0.717) is 5.92 Å². The molecule has 0 radical (unpaired) electrons. The number of nitrogens with zero attached hydrogens (tertiary/aromatic N) is 1. The lowest BCUT2D eigenvalue weighted by molar-refractivity contribution is 0.290. The molecule has 0 bridgehead atoms. The zero-order valence-corrected chi connectivity index (χ0v) is 11.1. The fraction of sp³-hybridized carbons (Fsp3) is 0.500. The molecule has 0 spiro atoms. The molecule has 17 heavy (non-hydrogen) atoms. The molecule has 0 amide bonds. The molecule has 1 aromatic rings. The minimum Gasteiger partial charge on any atom is -0.324 e. The normalized spacial score (nSPS) is 30.1. The first kappa shape index (κ1) is 14.7. The van der Waals surface area contributed by atoms with Crippen LogP contribution in [0.5, 0.6) is 0 Å². The lowest BCUT2D eigenvalue weighted by Crippen LogP contribution is -2.32. The molecule has 96 valence electrons. The smallest absolute Gasteiger partial charge is 0.123 e. The molecular weight excluding hydrogens is 262 g/mol. The second kappa shape index (κ2) is 5.11. The van der Waals surface area contributed by atoms with E-state index in [1.807, 2.05) is 12.1 Å². The lowest BCUT2D eigenvalue weighted by Gasteiger charge is -2.18. The number of piperidine rings is 1. The van der Waals surface area contributed by atoms with Crippen LogP contribution in [0.2, 0.25) is 0 Å². The third-order valence-electron chi connectivity index (χ3n) is 3.60. The van der Waals surface area contributed by atoms with Gasteiger partial charge in [-0.1, -0.05) is 12.1 Å². The number of nitrogens with two attached hydrogens (primary N) is 1. The van der Waals surface area contributed by atoms with E-state index in [9.17, 15) is 4.39 Å². The van der Waals surface area contributed by atoms with Crippen LogP contribution in [-0.4, -0.2) is 23.5 Å². The van der Waals surface area contributed by atoms with Gasteiger partial charge in [-0.15, -0.1) is 24.8 Å². The van der Waals surface area contributed by atoms with E-state index in [1.54, 1.807) is 0 Å². The van der Waals surface area contributed by atoms with Crippen molar-refractivity contribution in [3.05, 3.63) is 35.6 Å². The highest BCUT2D eigenvalue weighted by atomic mass is 35.5. The van der Waals surface area contributed by atoms with Crippen LogP contribution in [0.15, 0.2) is 24.3 Å². The van der Waals surface area contributed by atoms with E-state index in [0.717, 1.165) is 19.6 Å². The largest absolute Gasteiger partial charge is 0.324 e. The fourth-order valence-corrected chi connectivity index (χ4v) is 2.60. The SMILES string of the molecule is Cl.Cl.NC12CC1CN(Cc1ccc(F)cc1)C2. The summed E-state index contributed by atoms with van der Waals surface area (Å²) in [5.41, 5.74) is 7.40. The molecule has 1 aliphatic carbocycles.